The van der Waals surface area contributed by atoms with E-state index in [-0.39, 0.29) is 6.04 Å². The topological polar surface area (TPSA) is 103 Å². The Hall–Kier alpha value is -1.57. The SMILES string of the molecule is CC(C)n1cnnc1S[C@@H](C)C(=O)NC(N)=O. The van der Waals surface area contributed by atoms with Crippen LogP contribution in [0.5, 0.6) is 0 Å². The number of carbonyl (C=O) groups is 2. The summed E-state index contributed by atoms with van der Waals surface area (Å²) in [5, 5.41) is 9.89. The van der Waals surface area contributed by atoms with Gasteiger partial charge < -0.3 is 10.3 Å². The molecular weight excluding hydrogens is 242 g/mol. The summed E-state index contributed by atoms with van der Waals surface area (Å²) < 4.78 is 1.85. The Kier molecular flexibility index (Phi) is 4.50. The van der Waals surface area contributed by atoms with Crippen LogP contribution >= 0.6 is 11.8 Å². The van der Waals surface area contributed by atoms with E-state index in [4.69, 9.17) is 5.73 Å². The number of urea groups is 1. The number of thioether (sulfide) groups is 1. The Morgan fingerprint density at radius 2 is 2.12 bits per heavy atom. The Bertz CT molecular complexity index is 417. The molecule has 0 aliphatic rings. The van der Waals surface area contributed by atoms with E-state index in [1.165, 1.54) is 11.8 Å². The molecule has 1 aromatic heterocycles. The number of nitrogens with one attached hydrogen (secondary N) is 1. The zero-order valence-corrected chi connectivity index (χ0v) is 10.7. The van der Waals surface area contributed by atoms with Crippen molar-refractivity contribution in [2.45, 2.75) is 37.2 Å². The highest BCUT2D eigenvalue weighted by Gasteiger charge is 2.19. The fourth-order valence-corrected chi connectivity index (χ4v) is 2.06. The molecule has 8 heteroatoms. The maximum atomic E-state index is 11.5. The number of imide groups is 1. The van der Waals surface area contributed by atoms with Crippen LogP contribution in [-0.4, -0.2) is 32.0 Å². The molecule has 1 rings (SSSR count). The molecule has 0 unspecified atom stereocenters. The van der Waals surface area contributed by atoms with Gasteiger partial charge in [-0.3, -0.25) is 10.1 Å². The van der Waals surface area contributed by atoms with E-state index >= 15 is 0 Å². The summed E-state index contributed by atoms with van der Waals surface area (Å²) in [6, 6.07) is -0.647. The number of aromatic nitrogens is 3. The molecule has 0 bridgehead atoms. The predicted octanol–water partition coefficient (Wildman–Crippen LogP) is 0.534. The van der Waals surface area contributed by atoms with Crippen molar-refractivity contribution < 1.29 is 9.59 Å². The molecule has 0 fully saturated rings. The number of primary amides is 1. The van der Waals surface area contributed by atoms with E-state index in [1.807, 2.05) is 23.7 Å². The first kappa shape index (κ1) is 13.5. The fraction of sp³-hybridized carbons (Fsp3) is 0.556. The zero-order chi connectivity index (χ0) is 13.0. The van der Waals surface area contributed by atoms with E-state index in [1.54, 1.807) is 13.3 Å². The number of nitrogens with two attached hydrogens (primary N) is 1. The Morgan fingerprint density at radius 3 is 2.65 bits per heavy atom. The van der Waals surface area contributed by atoms with Gasteiger partial charge in [-0.2, -0.15) is 0 Å². The molecule has 1 aromatic rings. The highest BCUT2D eigenvalue weighted by molar-refractivity contribution is 8.00. The van der Waals surface area contributed by atoms with Gasteiger partial charge in [0.1, 0.15) is 6.33 Å². The maximum absolute atomic E-state index is 11.5. The number of rotatable bonds is 4. The Morgan fingerprint density at radius 1 is 1.47 bits per heavy atom. The van der Waals surface area contributed by atoms with Crippen molar-refractivity contribution in [3.8, 4) is 0 Å². The second kappa shape index (κ2) is 5.67. The summed E-state index contributed by atoms with van der Waals surface area (Å²) in [6.07, 6.45) is 1.60. The number of hydrogen-bond donors (Lipinski definition) is 2. The molecule has 0 saturated carbocycles. The zero-order valence-electron chi connectivity index (χ0n) is 9.88. The third-order valence-corrected chi connectivity index (χ3v) is 3.07. The van der Waals surface area contributed by atoms with E-state index in [0.29, 0.717) is 5.16 Å². The minimum absolute atomic E-state index is 0.207. The molecule has 0 saturated heterocycles. The smallest absolute Gasteiger partial charge is 0.318 e. The van der Waals surface area contributed by atoms with Gasteiger partial charge >= 0.3 is 6.03 Å². The molecule has 0 radical (unpaired) electrons. The normalized spacial score (nSPS) is 12.5. The number of nitrogens with zero attached hydrogens (tertiary/aromatic N) is 3. The largest absolute Gasteiger partial charge is 0.351 e. The molecule has 0 aliphatic heterocycles. The molecule has 0 aliphatic carbocycles. The van der Waals surface area contributed by atoms with E-state index in [0.717, 1.165) is 0 Å². The lowest BCUT2D eigenvalue weighted by molar-refractivity contribution is -0.119. The van der Waals surface area contributed by atoms with Crippen LogP contribution in [0.15, 0.2) is 11.5 Å². The third kappa shape index (κ3) is 3.74. The molecule has 7 nitrogen and oxygen atoms in total. The second-order valence-corrected chi connectivity index (χ2v) is 5.04. The number of amides is 3. The molecule has 1 atom stereocenters. The van der Waals surface area contributed by atoms with Gasteiger partial charge in [0.2, 0.25) is 5.91 Å². The molecule has 17 heavy (non-hydrogen) atoms. The second-order valence-electron chi connectivity index (χ2n) is 3.73. The van der Waals surface area contributed by atoms with E-state index in [2.05, 4.69) is 10.2 Å². The van der Waals surface area contributed by atoms with Crippen molar-refractivity contribution in [3.63, 3.8) is 0 Å². The number of carbonyl (C=O) groups excluding carboxylic acids is 2. The minimum atomic E-state index is -0.854. The maximum Gasteiger partial charge on any atom is 0.318 e. The average molecular weight is 257 g/mol. The van der Waals surface area contributed by atoms with Crippen LogP contribution in [0, 0.1) is 0 Å². The third-order valence-electron chi connectivity index (χ3n) is 1.99. The lowest BCUT2D eigenvalue weighted by Crippen LogP contribution is -2.39. The van der Waals surface area contributed by atoms with Crippen LogP contribution in [0.3, 0.4) is 0 Å². The van der Waals surface area contributed by atoms with Crippen molar-refractivity contribution in [1.29, 1.82) is 0 Å². The summed E-state index contributed by atoms with van der Waals surface area (Å²) in [6.45, 7) is 5.64. The van der Waals surface area contributed by atoms with Crippen LogP contribution in [-0.2, 0) is 4.79 Å². The fourth-order valence-electron chi connectivity index (χ4n) is 1.11. The molecule has 0 spiro atoms. The standard InChI is InChI=1S/C9H15N5O2S/c1-5(2)14-4-11-13-9(14)17-6(3)7(15)12-8(10)16/h4-6H,1-3H3,(H3,10,12,15,16)/t6-/m0/s1. The van der Waals surface area contributed by atoms with Gasteiger partial charge in [-0.25, -0.2) is 4.79 Å². The summed E-state index contributed by atoms with van der Waals surface area (Å²) in [4.78, 5) is 22.0. The average Bonchev–Trinajstić information content (AvgIpc) is 2.64. The minimum Gasteiger partial charge on any atom is -0.351 e. The van der Waals surface area contributed by atoms with Crippen molar-refractivity contribution >= 4 is 23.7 Å². The van der Waals surface area contributed by atoms with Gasteiger partial charge in [-0.15, -0.1) is 10.2 Å². The van der Waals surface area contributed by atoms with Crippen LogP contribution in [0.1, 0.15) is 26.8 Å². The summed E-state index contributed by atoms with van der Waals surface area (Å²) in [7, 11) is 0. The van der Waals surface area contributed by atoms with Crippen LogP contribution < -0.4 is 11.1 Å². The Balaban J connectivity index is 2.67. The predicted molar refractivity (Wildman–Crippen MR) is 63.5 cm³/mol. The summed E-state index contributed by atoms with van der Waals surface area (Å²) >= 11 is 1.22. The van der Waals surface area contributed by atoms with Crippen LogP contribution in [0.25, 0.3) is 0 Å². The molecule has 0 aromatic carbocycles. The summed E-state index contributed by atoms with van der Waals surface area (Å²) in [5.41, 5.74) is 4.87. The van der Waals surface area contributed by atoms with Crippen LogP contribution in [0.4, 0.5) is 4.79 Å². The van der Waals surface area contributed by atoms with E-state index in [9.17, 15) is 9.59 Å². The molecular formula is C9H15N5O2S. The van der Waals surface area contributed by atoms with Gasteiger partial charge in [0.05, 0.1) is 5.25 Å². The van der Waals surface area contributed by atoms with Crippen LogP contribution in [0.2, 0.25) is 0 Å². The molecule has 1 heterocycles. The lowest BCUT2D eigenvalue weighted by atomic mass is 10.4. The Labute approximate surface area is 103 Å². The monoisotopic (exact) mass is 257 g/mol. The highest BCUT2D eigenvalue weighted by Crippen LogP contribution is 2.23. The van der Waals surface area contributed by atoms with Gasteiger partial charge in [0.15, 0.2) is 5.16 Å². The van der Waals surface area contributed by atoms with Crippen molar-refractivity contribution in [2.24, 2.45) is 5.73 Å². The van der Waals surface area contributed by atoms with E-state index < -0.39 is 17.2 Å². The van der Waals surface area contributed by atoms with Gasteiger partial charge in [-0.05, 0) is 20.8 Å². The summed E-state index contributed by atoms with van der Waals surface area (Å²) in [5.74, 6) is -0.444. The van der Waals surface area contributed by atoms with Crippen molar-refractivity contribution in [3.05, 3.63) is 6.33 Å². The highest BCUT2D eigenvalue weighted by atomic mass is 32.2. The molecule has 3 N–H and O–H groups in total. The quantitative estimate of drug-likeness (QED) is 0.766. The van der Waals surface area contributed by atoms with Crippen molar-refractivity contribution in [2.75, 3.05) is 0 Å². The van der Waals surface area contributed by atoms with Crippen molar-refractivity contribution in [1.82, 2.24) is 20.1 Å². The first-order valence-electron chi connectivity index (χ1n) is 5.08. The lowest BCUT2D eigenvalue weighted by Gasteiger charge is -2.12. The van der Waals surface area contributed by atoms with Gasteiger partial charge in [0.25, 0.3) is 0 Å². The number of hydrogen-bond acceptors (Lipinski definition) is 5. The first-order valence-corrected chi connectivity index (χ1v) is 5.96. The van der Waals surface area contributed by atoms with Gasteiger partial charge in [0, 0.05) is 6.04 Å². The van der Waals surface area contributed by atoms with Gasteiger partial charge in [-0.1, -0.05) is 11.8 Å². The molecule has 3 amide bonds. The first-order chi connectivity index (χ1) is 7.91. The molecule has 94 valence electrons.